The fourth-order valence-electron chi connectivity index (χ4n) is 1.63. The van der Waals surface area contributed by atoms with Crippen molar-refractivity contribution in [1.82, 2.24) is 0 Å². The second-order valence-corrected chi connectivity index (χ2v) is 4.97. The maximum atomic E-state index is 5.95. The summed E-state index contributed by atoms with van der Waals surface area (Å²) in [5.41, 5.74) is 2.35. The van der Waals surface area contributed by atoms with Gasteiger partial charge in [0.1, 0.15) is 0 Å². The number of halogens is 1. The molecule has 1 nitrogen and oxygen atoms in total. The Balaban J connectivity index is 2.07. The summed E-state index contributed by atoms with van der Waals surface area (Å²) in [7, 11) is 0. The van der Waals surface area contributed by atoms with E-state index >= 15 is 0 Å². The molecule has 3 heteroatoms. The molecule has 0 aromatic heterocycles. The second-order valence-electron chi connectivity index (χ2n) is 3.68. The normalized spacial score (nSPS) is 10.2. The quantitative estimate of drug-likeness (QED) is 0.805. The van der Waals surface area contributed by atoms with E-state index in [-0.39, 0.29) is 0 Å². The number of hydrogen-bond acceptors (Lipinski definition) is 2. The summed E-state index contributed by atoms with van der Waals surface area (Å²) < 4.78 is 0. The third kappa shape index (κ3) is 3.42. The molecule has 2 aromatic carbocycles. The van der Waals surface area contributed by atoms with Gasteiger partial charge in [-0.1, -0.05) is 35.9 Å². The number of thioether (sulfide) groups is 1. The lowest BCUT2D eigenvalue weighted by atomic mass is 10.2. The third-order valence-electron chi connectivity index (χ3n) is 2.48. The summed E-state index contributed by atoms with van der Waals surface area (Å²) in [6.45, 7) is 0.790. The van der Waals surface area contributed by atoms with Gasteiger partial charge < -0.3 is 5.32 Å². The SMILES string of the molecule is CSc1ccccc1NCc1cccc(Cl)c1. The molecule has 0 saturated heterocycles. The van der Waals surface area contributed by atoms with Crippen LogP contribution in [0.4, 0.5) is 5.69 Å². The molecule has 2 rings (SSSR count). The van der Waals surface area contributed by atoms with Gasteiger partial charge in [0.05, 0.1) is 0 Å². The van der Waals surface area contributed by atoms with E-state index in [1.165, 1.54) is 16.1 Å². The number of rotatable bonds is 4. The standard InChI is InChI=1S/C14H14ClNS/c1-17-14-8-3-2-7-13(14)16-10-11-5-4-6-12(15)9-11/h2-9,16H,10H2,1H3. The van der Waals surface area contributed by atoms with E-state index in [9.17, 15) is 0 Å². The molecule has 0 aliphatic carbocycles. The van der Waals surface area contributed by atoms with Gasteiger partial charge in [-0.2, -0.15) is 0 Å². The van der Waals surface area contributed by atoms with E-state index in [1.54, 1.807) is 11.8 Å². The molecular weight excluding hydrogens is 250 g/mol. The minimum Gasteiger partial charge on any atom is -0.380 e. The van der Waals surface area contributed by atoms with Crippen LogP contribution in [0.25, 0.3) is 0 Å². The number of anilines is 1. The van der Waals surface area contributed by atoms with E-state index in [0.29, 0.717) is 0 Å². The molecule has 0 saturated carbocycles. The largest absolute Gasteiger partial charge is 0.380 e. The summed E-state index contributed by atoms with van der Waals surface area (Å²) in [5, 5.41) is 4.21. The predicted octanol–water partition coefficient (Wildman–Crippen LogP) is 4.67. The molecule has 2 aromatic rings. The van der Waals surface area contributed by atoms with Crippen LogP contribution in [0.3, 0.4) is 0 Å². The first-order valence-corrected chi connectivity index (χ1v) is 7.01. The molecule has 0 atom stereocenters. The number of benzene rings is 2. The molecule has 17 heavy (non-hydrogen) atoms. The van der Waals surface area contributed by atoms with Crippen molar-refractivity contribution in [2.45, 2.75) is 11.4 Å². The average Bonchev–Trinajstić information content (AvgIpc) is 2.37. The Labute approximate surface area is 111 Å². The van der Waals surface area contributed by atoms with Crippen LogP contribution in [0.15, 0.2) is 53.4 Å². The first-order valence-electron chi connectivity index (χ1n) is 5.41. The van der Waals surface area contributed by atoms with Crippen molar-refractivity contribution in [2.24, 2.45) is 0 Å². The molecule has 0 fully saturated rings. The van der Waals surface area contributed by atoms with Crippen LogP contribution in [-0.4, -0.2) is 6.26 Å². The lowest BCUT2D eigenvalue weighted by molar-refractivity contribution is 1.13. The zero-order valence-corrected chi connectivity index (χ0v) is 11.2. The molecule has 0 spiro atoms. The van der Waals surface area contributed by atoms with Gasteiger partial charge >= 0.3 is 0 Å². The highest BCUT2D eigenvalue weighted by Crippen LogP contribution is 2.25. The van der Waals surface area contributed by atoms with Gasteiger partial charge in [0.25, 0.3) is 0 Å². The topological polar surface area (TPSA) is 12.0 Å². The van der Waals surface area contributed by atoms with Gasteiger partial charge in [0.2, 0.25) is 0 Å². The molecule has 0 bridgehead atoms. The van der Waals surface area contributed by atoms with Gasteiger partial charge in [-0.3, -0.25) is 0 Å². The number of nitrogens with one attached hydrogen (secondary N) is 1. The van der Waals surface area contributed by atoms with Crippen LogP contribution in [0.2, 0.25) is 5.02 Å². The van der Waals surface area contributed by atoms with Crippen LogP contribution in [0.1, 0.15) is 5.56 Å². The van der Waals surface area contributed by atoms with E-state index in [0.717, 1.165) is 11.6 Å². The average molecular weight is 264 g/mol. The molecule has 0 heterocycles. The Morgan fingerprint density at radius 3 is 2.71 bits per heavy atom. The van der Waals surface area contributed by atoms with Crippen LogP contribution in [0, 0.1) is 0 Å². The van der Waals surface area contributed by atoms with E-state index < -0.39 is 0 Å². The highest BCUT2D eigenvalue weighted by Gasteiger charge is 2.00. The van der Waals surface area contributed by atoms with Gasteiger partial charge in [0.15, 0.2) is 0 Å². The van der Waals surface area contributed by atoms with E-state index in [4.69, 9.17) is 11.6 Å². The number of para-hydroxylation sites is 1. The first-order chi connectivity index (χ1) is 8.29. The van der Waals surface area contributed by atoms with Crippen LogP contribution in [0.5, 0.6) is 0 Å². The highest BCUT2D eigenvalue weighted by molar-refractivity contribution is 7.98. The van der Waals surface area contributed by atoms with Gasteiger partial charge in [-0.05, 0) is 36.1 Å². The Morgan fingerprint density at radius 1 is 1.12 bits per heavy atom. The fourth-order valence-corrected chi connectivity index (χ4v) is 2.42. The molecule has 0 aliphatic heterocycles. The lowest BCUT2D eigenvalue weighted by Gasteiger charge is -2.10. The van der Waals surface area contributed by atoms with Crippen molar-refractivity contribution in [3.63, 3.8) is 0 Å². The smallest absolute Gasteiger partial charge is 0.0480 e. The zero-order chi connectivity index (χ0) is 12.1. The summed E-state index contributed by atoms with van der Waals surface area (Å²) in [6, 6.07) is 16.2. The zero-order valence-electron chi connectivity index (χ0n) is 9.61. The molecule has 1 N–H and O–H groups in total. The molecule has 0 radical (unpaired) electrons. The Hall–Kier alpha value is -1.12. The van der Waals surface area contributed by atoms with Crippen molar-refractivity contribution in [2.75, 3.05) is 11.6 Å². The van der Waals surface area contributed by atoms with E-state index in [2.05, 4.69) is 35.8 Å². The third-order valence-corrected chi connectivity index (χ3v) is 3.51. The minimum absolute atomic E-state index is 0.780. The molecule has 0 amide bonds. The summed E-state index contributed by atoms with van der Waals surface area (Å²) >= 11 is 7.70. The molecule has 0 aliphatic rings. The Bertz CT molecular complexity index is 499. The van der Waals surface area contributed by atoms with Crippen molar-refractivity contribution in [3.8, 4) is 0 Å². The van der Waals surface area contributed by atoms with Crippen molar-refractivity contribution in [1.29, 1.82) is 0 Å². The first kappa shape index (κ1) is 12.3. The number of hydrogen-bond donors (Lipinski definition) is 1. The maximum Gasteiger partial charge on any atom is 0.0480 e. The van der Waals surface area contributed by atoms with Crippen LogP contribution >= 0.6 is 23.4 Å². The molecule has 88 valence electrons. The molecular formula is C14H14ClNS. The highest BCUT2D eigenvalue weighted by atomic mass is 35.5. The lowest BCUT2D eigenvalue weighted by Crippen LogP contribution is -2.00. The minimum atomic E-state index is 0.780. The molecule has 0 unspecified atom stereocenters. The van der Waals surface area contributed by atoms with Crippen molar-refractivity contribution in [3.05, 3.63) is 59.1 Å². The second kappa shape index (κ2) is 5.99. The Kier molecular flexibility index (Phi) is 4.35. The monoisotopic (exact) mass is 263 g/mol. The van der Waals surface area contributed by atoms with Crippen molar-refractivity contribution < 1.29 is 0 Å². The van der Waals surface area contributed by atoms with Gasteiger partial charge in [-0.15, -0.1) is 11.8 Å². The van der Waals surface area contributed by atoms with E-state index in [1.807, 2.05) is 24.3 Å². The summed E-state index contributed by atoms with van der Waals surface area (Å²) in [6.07, 6.45) is 2.08. The van der Waals surface area contributed by atoms with Crippen molar-refractivity contribution >= 4 is 29.1 Å². The summed E-state index contributed by atoms with van der Waals surface area (Å²) in [5.74, 6) is 0. The maximum absolute atomic E-state index is 5.95. The fraction of sp³-hybridized carbons (Fsp3) is 0.143. The summed E-state index contributed by atoms with van der Waals surface area (Å²) in [4.78, 5) is 1.26. The van der Waals surface area contributed by atoms with Gasteiger partial charge in [0, 0.05) is 22.2 Å². The predicted molar refractivity (Wildman–Crippen MR) is 77.0 cm³/mol. The Morgan fingerprint density at radius 2 is 1.94 bits per heavy atom. The van der Waals surface area contributed by atoms with Crippen LogP contribution in [-0.2, 0) is 6.54 Å². The van der Waals surface area contributed by atoms with Gasteiger partial charge in [-0.25, -0.2) is 0 Å². The van der Waals surface area contributed by atoms with Crippen LogP contribution < -0.4 is 5.32 Å².